The van der Waals surface area contributed by atoms with Crippen LogP contribution >= 0.6 is 11.8 Å². The van der Waals surface area contributed by atoms with Crippen molar-refractivity contribution in [1.82, 2.24) is 5.32 Å². The second-order valence-corrected chi connectivity index (χ2v) is 4.62. The molecule has 0 radical (unpaired) electrons. The molecule has 2 atom stereocenters. The molecule has 1 rings (SSSR count). The molecule has 0 aromatic carbocycles. The molecular weight excluding hydrogens is 173 g/mol. The molecule has 1 N–H and O–H groups in total. The van der Waals surface area contributed by atoms with Crippen molar-refractivity contribution in [1.29, 1.82) is 0 Å². The smallest absolute Gasteiger partial charge is 0.113 e. The van der Waals surface area contributed by atoms with Crippen molar-refractivity contribution in [3.05, 3.63) is 0 Å². The molecule has 0 saturated carbocycles. The summed E-state index contributed by atoms with van der Waals surface area (Å²) in [5.41, 5.74) is 0. The summed E-state index contributed by atoms with van der Waals surface area (Å²) in [5, 5.41) is 2.88. The van der Waals surface area contributed by atoms with E-state index < -0.39 is 6.17 Å². The second-order valence-electron chi connectivity index (χ2n) is 3.47. The maximum absolute atomic E-state index is 13.1. The number of halogens is 1. The minimum absolute atomic E-state index is 0.515. The third kappa shape index (κ3) is 3.76. The monoisotopic (exact) mass is 191 g/mol. The molecule has 0 aliphatic carbocycles. The molecule has 0 aromatic heterocycles. The Morgan fingerprint density at radius 3 is 3.08 bits per heavy atom. The Bertz CT molecular complexity index is 115. The van der Waals surface area contributed by atoms with E-state index in [9.17, 15) is 4.39 Å². The zero-order valence-corrected chi connectivity index (χ0v) is 8.50. The number of hydrogen-bond acceptors (Lipinski definition) is 2. The number of hydrogen-bond donors (Lipinski definition) is 1. The normalized spacial score (nSPS) is 27.0. The first kappa shape index (κ1) is 10.3. The number of alkyl halides is 1. The fraction of sp³-hybridized carbons (Fsp3) is 1.00. The van der Waals surface area contributed by atoms with Gasteiger partial charge in [-0.25, -0.2) is 4.39 Å². The van der Waals surface area contributed by atoms with Crippen LogP contribution in [0.25, 0.3) is 0 Å². The van der Waals surface area contributed by atoms with Gasteiger partial charge in [0.1, 0.15) is 6.17 Å². The van der Waals surface area contributed by atoms with E-state index in [1.54, 1.807) is 0 Å². The molecular formula is C9H18FNS. The lowest BCUT2D eigenvalue weighted by Gasteiger charge is -2.22. The summed E-state index contributed by atoms with van der Waals surface area (Å²) in [6.07, 6.45) is 2.63. The maximum Gasteiger partial charge on any atom is 0.113 e. The number of nitrogens with one attached hydrogen (secondary N) is 1. The van der Waals surface area contributed by atoms with Gasteiger partial charge in [-0.2, -0.15) is 11.8 Å². The highest BCUT2D eigenvalue weighted by Crippen LogP contribution is 2.26. The predicted octanol–water partition coefficient (Wildman–Crippen LogP) is 2.08. The number of rotatable bonds is 4. The van der Waals surface area contributed by atoms with Crippen molar-refractivity contribution < 1.29 is 4.39 Å². The molecule has 1 aliphatic heterocycles. The standard InChI is InChI=1S/C9H18FNS/c1-11-6-9(10)5-8-3-2-4-12-7-8/h8-9,11H,2-7H2,1H3. The highest BCUT2D eigenvalue weighted by molar-refractivity contribution is 7.99. The fourth-order valence-corrected chi connectivity index (χ4v) is 2.83. The van der Waals surface area contributed by atoms with Gasteiger partial charge in [0.05, 0.1) is 0 Å². The van der Waals surface area contributed by atoms with Crippen molar-refractivity contribution in [2.75, 3.05) is 25.1 Å². The Morgan fingerprint density at radius 1 is 1.67 bits per heavy atom. The Hall–Kier alpha value is 0.240. The van der Waals surface area contributed by atoms with Gasteiger partial charge in [-0.1, -0.05) is 0 Å². The second kappa shape index (κ2) is 5.81. The van der Waals surface area contributed by atoms with E-state index >= 15 is 0 Å². The van der Waals surface area contributed by atoms with Crippen molar-refractivity contribution in [2.45, 2.75) is 25.4 Å². The largest absolute Gasteiger partial charge is 0.317 e. The maximum atomic E-state index is 13.1. The average molecular weight is 191 g/mol. The summed E-state index contributed by atoms with van der Waals surface area (Å²) in [4.78, 5) is 0. The summed E-state index contributed by atoms with van der Waals surface area (Å²) >= 11 is 1.98. The van der Waals surface area contributed by atoms with Crippen molar-refractivity contribution in [2.24, 2.45) is 5.92 Å². The van der Waals surface area contributed by atoms with Crippen molar-refractivity contribution >= 4 is 11.8 Å². The van der Waals surface area contributed by atoms with Gasteiger partial charge in [-0.3, -0.25) is 0 Å². The molecule has 0 spiro atoms. The van der Waals surface area contributed by atoms with Crippen LogP contribution in [0.3, 0.4) is 0 Å². The van der Waals surface area contributed by atoms with E-state index in [2.05, 4.69) is 5.32 Å². The van der Waals surface area contributed by atoms with E-state index in [1.165, 1.54) is 24.3 Å². The van der Waals surface area contributed by atoms with E-state index in [0.717, 1.165) is 6.42 Å². The molecule has 12 heavy (non-hydrogen) atoms. The highest BCUT2D eigenvalue weighted by atomic mass is 32.2. The molecule has 0 amide bonds. The van der Waals surface area contributed by atoms with E-state index in [4.69, 9.17) is 0 Å². The molecule has 1 nitrogen and oxygen atoms in total. The van der Waals surface area contributed by atoms with E-state index in [0.29, 0.717) is 12.5 Å². The zero-order valence-electron chi connectivity index (χ0n) is 7.68. The first-order valence-electron chi connectivity index (χ1n) is 4.69. The van der Waals surface area contributed by atoms with Crippen LogP contribution in [-0.2, 0) is 0 Å². The van der Waals surface area contributed by atoms with Gasteiger partial charge in [0.15, 0.2) is 0 Å². The van der Waals surface area contributed by atoms with Crippen LogP contribution in [0.2, 0.25) is 0 Å². The Morgan fingerprint density at radius 2 is 2.50 bits per heavy atom. The van der Waals surface area contributed by atoms with Gasteiger partial charge < -0.3 is 5.32 Å². The molecule has 2 unspecified atom stereocenters. The first-order valence-corrected chi connectivity index (χ1v) is 5.85. The van der Waals surface area contributed by atoms with Crippen LogP contribution in [0, 0.1) is 5.92 Å². The average Bonchev–Trinajstić information content (AvgIpc) is 2.06. The Balaban J connectivity index is 2.11. The van der Waals surface area contributed by atoms with Crippen LogP contribution in [0.5, 0.6) is 0 Å². The molecule has 0 bridgehead atoms. The van der Waals surface area contributed by atoms with Gasteiger partial charge in [-0.05, 0) is 43.7 Å². The van der Waals surface area contributed by atoms with Crippen LogP contribution in [0.15, 0.2) is 0 Å². The lowest BCUT2D eigenvalue weighted by Crippen LogP contribution is -2.24. The summed E-state index contributed by atoms with van der Waals surface area (Å²) < 4.78 is 13.1. The third-order valence-electron chi connectivity index (χ3n) is 2.27. The van der Waals surface area contributed by atoms with Gasteiger partial charge in [0, 0.05) is 6.54 Å². The molecule has 1 saturated heterocycles. The minimum Gasteiger partial charge on any atom is -0.317 e. The van der Waals surface area contributed by atoms with Gasteiger partial charge in [0.25, 0.3) is 0 Å². The quantitative estimate of drug-likeness (QED) is 0.730. The third-order valence-corrected chi connectivity index (χ3v) is 3.55. The lowest BCUT2D eigenvalue weighted by atomic mass is 9.99. The van der Waals surface area contributed by atoms with Crippen LogP contribution in [-0.4, -0.2) is 31.3 Å². The van der Waals surface area contributed by atoms with Gasteiger partial charge >= 0.3 is 0 Å². The SMILES string of the molecule is CNCC(F)CC1CCCSC1. The molecule has 1 fully saturated rings. The molecule has 1 heterocycles. The molecule has 72 valence electrons. The minimum atomic E-state index is -0.640. The molecule has 3 heteroatoms. The Labute approximate surface area is 78.5 Å². The van der Waals surface area contributed by atoms with E-state index in [1.807, 2.05) is 18.8 Å². The first-order chi connectivity index (χ1) is 5.83. The summed E-state index contributed by atoms with van der Waals surface area (Å²) in [6, 6.07) is 0. The van der Waals surface area contributed by atoms with Crippen LogP contribution in [0.4, 0.5) is 4.39 Å². The number of thioether (sulfide) groups is 1. The molecule has 1 aliphatic rings. The topological polar surface area (TPSA) is 12.0 Å². The van der Waals surface area contributed by atoms with Crippen molar-refractivity contribution in [3.63, 3.8) is 0 Å². The fourth-order valence-electron chi connectivity index (χ4n) is 1.66. The Kier molecular flexibility index (Phi) is 5.00. The summed E-state index contributed by atoms with van der Waals surface area (Å²) in [7, 11) is 1.81. The van der Waals surface area contributed by atoms with E-state index in [-0.39, 0.29) is 0 Å². The van der Waals surface area contributed by atoms with Gasteiger partial charge in [0.2, 0.25) is 0 Å². The summed E-state index contributed by atoms with van der Waals surface area (Å²) in [5.74, 6) is 3.08. The van der Waals surface area contributed by atoms with Crippen molar-refractivity contribution in [3.8, 4) is 0 Å². The lowest BCUT2D eigenvalue weighted by molar-refractivity contribution is 0.264. The zero-order chi connectivity index (χ0) is 8.81. The van der Waals surface area contributed by atoms with Crippen LogP contribution < -0.4 is 5.32 Å². The predicted molar refractivity (Wildman–Crippen MR) is 53.5 cm³/mol. The van der Waals surface area contributed by atoms with Crippen LogP contribution in [0.1, 0.15) is 19.3 Å². The highest BCUT2D eigenvalue weighted by Gasteiger charge is 2.17. The molecule has 0 aromatic rings. The van der Waals surface area contributed by atoms with Gasteiger partial charge in [-0.15, -0.1) is 0 Å². The summed E-state index contributed by atoms with van der Waals surface area (Å²) in [6.45, 7) is 0.515.